The zero-order chi connectivity index (χ0) is 14.1. The van der Waals surface area contributed by atoms with Gasteiger partial charge in [-0.15, -0.1) is 0 Å². The molecule has 0 heterocycles. The Morgan fingerprint density at radius 3 is 2.26 bits per heavy atom. The molecule has 1 aliphatic rings. The molecule has 2 heteroatoms. The van der Waals surface area contributed by atoms with E-state index in [0.29, 0.717) is 5.92 Å². The highest BCUT2D eigenvalue weighted by Gasteiger charge is 2.21. The molecule has 0 bridgehead atoms. The highest BCUT2D eigenvalue weighted by molar-refractivity contribution is 6.03. The van der Waals surface area contributed by atoms with Gasteiger partial charge in [0.1, 0.15) is 0 Å². The van der Waals surface area contributed by atoms with Crippen molar-refractivity contribution in [3.8, 4) is 0 Å². The molecular weight excluding hydrogens is 234 g/mol. The van der Waals surface area contributed by atoms with Crippen molar-refractivity contribution >= 4 is 11.6 Å². The van der Waals surface area contributed by atoms with Gasteiger partial charge in [-0.1, -0.05) is 57.9 Å². The zero-order valence-corrected chi connectivity index (χ0v) is 12.1. The van der Waals surface area contributed by atoms with E-state index in [1.165, 1.54) is 19.3 Å². The second-order valence-corrected chi connectivity index (χ2v) is 4.68. The third-order valence-corrected chi connectivity index (χ3v) is 3.42. The smallest absolute Gasteiger partial charge is 0.251 e. The fraction of sp³-hybridized carbons (Fsp3) is 0.471. The van der Waals surface area contributed by atoms with Crippen LogP contribution in [0.4, 0.5) is 5.69 Å². The predicted molar refractivity (Wildman–Crippen MR) is 82.1 cm³/mol. The van der Waals surface area contributed by atoms with E-state index >= 15 is 0 Å². The maximum atomic E-state index is 12.0. The molecule has 1 fully saturated rings. The van der Waals surface area contributed by atoms with Crippen molar-refractivity contribution in [2.75, 3.05) is 5.32 Å². The number of hydrogen-bond acceptors (Lipinski definition) is 1. The van der Waals surface area contributed by atoms with Gasteiger partial charge in [-0.25, -0.2) is 0 Å². The van der Waals surface area contributed by atoms with E-state index in [1.807, 2.05) is 44.2 Å². The molecule has 0 atom stereocenters. The highest BCUT2D eigenvalue weighted by atomic mass is 16.1. The molecule has 0 aromatic heterocycles. The molecule has 0 radical (unpaired) electrons. The van der Waals surface area contributed by atoms with E-state index in [0.717, 1.165) is 24.1 Å². The molecule has 0 saturated heterocycles. The molecule has 1 aliphatic carbocycles. The van der Waals surface area contributed by atoms with Gasteiger partial charge in [0.25, 0.3) is 5.91 Å². The van der Waals surface area contributed by atoms with E-state index in [-0.39, 0.29) is 5.91 Å². The van der Waals surface area contributed by atoms with Crippen LogP contribution in [0.5, 0.6) is 0 Å². The van der Waals surface area contributed by atoms with Gasteiger partial charge in [0, 0.05) is 11.3 Å². The lowest BCUT2D eigenvalue weighted by molar-refractivity contribution is -0.113. The van der Waals surface area contributed by atoms with Gasteiger partial charge in [-0.05, 0) is 30.9 Å². The van der Waals surface area contributed by atoms with Crippen molar-refractivity contribution in [1.29, 1.82) is 0 Å². The monoisotopic (exact) mass is 259 g/mol. The summed E-state index contributed by atoms with van der Waals surface area (Å²) < 4.78 is 0. The first-order chi connectivity index (χ1) is 9.27. The minimum absolute atomic E-state index is 0.0249. The van der Waals surface area contributed by atoms with Gasteiger partial charge in [-0.3, -0.25) is 4.79 Å². The van der Waals surface area contributed by atoms with Gasteiger partial charge in [0.2, 0.25) is 0 Å². The number of nitrogens with one attached hydrogen (secondary N) is 1. The molecule has 1 aromatic carbocycles. The Balaban J connectivity index is 0.000000861. The molecule has 2 nitrogen and oxygen atoms in total. The molecule has 0 unspecified atom stereocenters. The highest BCUT2D eigenvalue weighted by Crippen LogP contribution is 2.29. The average Bonchev–Trinajstić information content (AvgIpc) is 2.50. The Hall–Kier alpha value is -1.57. The molecule has 104 valence electrons. The van der Waals surface area contributed by atoms with Gasteiger partial charge >= 0.3 is 0 Å². The number of rotatable bonds is 3. The van der Waals surface area contributed by atoms with Gasteiger partial charge in [-0.2, -0.15) is 0 Å². The van der Waals surface area contributed by atoms with Crippen LogP contribution >= 0.6 is 0 Å². The van der Waals surface area contributed by atoms with Crippen molar-refractivity contribution in [2.24, 2.45) is 5.92 Å². The fourth-order valence-electron chi connectivity index (χ4n) is 2.37. The predicted octanol–water partition coefficient (Wildman–Crippen LogP) is 4.79. The van der Waals surface area contributed by atoms with Crippen LogP contribution in [0.15, 0.2) is 42.5 Å². The zero-order valence-electron chi connectivity index (χ0n) is 12.1. The summed E-state index contributed by atoms with van der Waals surface area (Å²) in [5.74, 6) is 0.357. The average molecular weight is 259 g/mol. The normalized spacial score (nSPS) is 15.1. The summed E-state index contributed by atoms with van der Waals surface area (Å²) in [6.07, 6.45) is 5.97. The minimum atomic E-state index is -0.0249. The van der Waals surface area contributed by atoms with Crippen molar-refractivity contribution in [3.63, 3.8) is 0 Å². The van der Waals surface area contributed by atoms with Crippen LogP contribution in [0.2, 0.25) is 0 Å². The SMILES string of the molecule is C=C(C(=O)Nc1ccccc1)C1CCCCC1.CC. The van der Waals surface area contributed by atoms with Crippen LogP contribution in [-0.4, -0.2) is 5.91 Å². The van der Waals surface area contributed by atoms with Gasteiger partial charge < -0.3 is 5.32 Å². The largest absolute Gasteiger partial charge is 0.322 e. The van der Waals surface area contributed by atoms with Crippen LogP contribution in [0.3, 0.4) is 0 Å². The number of carbonyl (C=O) groups is 1. The number of anilines is 1. The quantitative estimate of drug-likeness (QED) is 0.777. The van der Waals surface area contributed by atoms with Crippen molar-refractivity contribution in [3.05, 3.63) is 42.5 Å². The maximum Gasteiger partial charge on any atom is 0.251 e. The summed E-state index contributed by atoms with van der Waals surface area (Å²) in [5, 5.41) is 2.90. The van der Waals surface area contributed by atoms with Gasteiger partial charge in [0.05, 0.1) is 0 Å². The van der Waals surface area contributed by atoms with Crippen LogP contribution in [-0.2, 0) is 4.79 Å². The summed E-state index contributed by atoms with van der Waals surface area (Å²) in [6, 6.07) is 9.56. The number of para-hydroxylation sites is 1. The Morgan fingerprint density at radius 1 is 1.11 bits per heavy atom. The van der Waals surface area contributed by atoms with Crippen LogP contribution in [0.1, 0.15) is 46.0 Å². The minimum Gasteiger partial charge on any atom is -0.322 e. The number of hydrogen-bond donors (Lipinski definition) is 1. The third-order valence-electron chi connectivity index (χ3n) is 3.42. The Kier molecular flexibility index (Phi) is 6.94. The summed E-state index contributed by atoms with van der Waals surface area (Å²) in [6.45, 7) is 7.96. The molecule has 1 N–H and O–H groups in total. The molecular formula is C17H25NO. The second-order valence-electron chi connectivity index (χ2n) is 4.68. The summed E-state index contributed by atoms with van der Waals surface area (Å²) in [4.78, 5) is 12.0. The summed E-state index contributed by atoms with van der Waals surface area (Å²) in [5.41, 5.74) is 1.59. The molecule has 1 aromatic rings. The van der Waals surface area contributed by atoms with Gasteiger partial charge in [0.15, 0.2) is 0 Å². The van der Waals surface area contributed by atoms with E-state index in [2.05, 4.69) is 11.9 Å². The molecule has 1 amide bonds. The number of carbonyl (C=O) groups excluding carboxylic acids is 1. The first-order valence-electron chi connectivity index (χ1n) is 7.32. The Labute approximate surface area is 116 Å². The van der Waals surface area contributed by atoms with Crippen molar-refractivity contribution in [2.45, 2.75) is 46.0 Å². The van der Waals surface area contributed by atoms with E-state index < -0.39 is 0 Å². The number of amides is 1. The summed E-state index contributed by atoms with van der Waals surface area (Å²) in [7, 11) is 0. The third kappa shape index (κ3) is 4.90. The fourth-order valence-corrected chi connectivity index (χ4v) is 2.37. The van der Waals surface area contributed by atoms with Crippen molar-refractivity contribution < 1.29 is 4.79 Å². The van der Waals surface area contributed by atoms with E-state index in [9.17, 15) is 4.79 Å². The lowest BCUT2D eigenvalue weighted by Gasteiger charge is -2.23. The van der Waals surface area contributed by atoms with Crippen LogP contribution in [0.25, 0.3) is 0 Å². The molecule has 19 heavy (non-hydrogen) atoms. The second kappa shape index (κ2) is 8.52. The Morgan fingerprint density at radius 2 is 1.68 bits per heavy atom. The maximum absolute atomic E-state index is 12.0. The van der Waals surface area contributed by atoms with Crippen LogP contribution < -0.4 is 5.32 Å². The molecule has 1 saturated carbocycles. The number of benzene rings is 1. The standard InChI is InChI=1S/C15H19NO.C2H6/c1-12(13-8-4-2-5-9-13)15(17)16-14-10-6-3-7-11-14;1-2/h3,6-7,10-11,13H,1-2,4-5,8-9H2,(H,16,17);1-2H3. The van der Waals surface area contributed by atoms with Crippen molar-refractivity contribution in [1.82, 2.24) is 0 Å². The molecule has 0 spiro atoms. The topological polar surface area (TPSA) is 29.1 Å². The molecule has 0 aliphatic heterocycles. The molecule has 2 rings (SSSR count). The Bertz CT molecular complexity index is 391. The van der Waals surface area contributed by atoms with Crippen LogP contribution in [0, 0.1) is 5.92 Å². The first kappa shape index (κ1) is 15.5. The lowest BCUT2D eigenvalue weighted by atomic mass is 9.84. The van der Waals surface area contributed by atoms with E-state index in [1.54, 1.807) is 0 Å². The first-order valence-corrected chi connectivity index (χ1v) is 7.32. The summed E-state index contributed by atoms with van der Waals surface area (Å²) >= 11 is 0. The lowest BCUT2D eigenvalue weighted by Crippen LogP contribution is -2.21. The van der Waals surface area contributed by atoms with E-state index in [4.69, 9.17) is 0 Å².